The highest BCUT2D eigenvalue weighted by Gasteiger charge is 2.38. The van der Waals surface area contributed by atoms with E-state index < -0.39 is 33.4 Å². The van der Waals surface area contributed by atoms with Crippen molar-refractivity contribution in [2.75, 3.05) is 55.4 Å². The number of hydrogen-bond donors (Lipinski definition) is 2. The molecule has 42 heavy (non-hydrogen) atoms. The molecule has 0 unspecified atom stereocenters. The normalized spacial score (nSPS) is 21.2. The highest BCUT2D eigenvalue weighted by atomic mass is 32.2. The number of ether oxygens (including phenoxy) is 1. The van der Waals surface area contributed by atoms with Gasteiger partial charge in [-0.1, -0.05) is 6.92 Å². The van der Waals surface area contributed by atoms with Crippen LogP contribution in [0.1, 0.15) is 43.0 Å². The van der Waals surface area contributed by atoms with E-state index in [-0.39, 0.29) is 40.7 Å². The van der Waals surface area contributed by atoms with E-state index in [1.807, 2.05) is 19.1 Å². The molecule has 5 heterocycles. The number of piperazine rings is 1. The molecule has 0 radical (unpaired) electrons. The number of aromatic nitrogens is 3. The third-order valence-corrected chi connectivity index (χ3v) is 10.6. The van der Waals surface area contributed by atoms with Crippen LogP contribution in [0.15, 0.2) is 29.3 Å². The number of anilines is 3. The molecule has 0 aromatic carbocycles. The molecule has 15 heteroatoms. The smallest absolute Gasteiger partial charge is 0.395 e. The first-order chi connectivity index (χ1) is 19.9. The number of nitrogens with one attached hydrogen (secondary N) is 1. The third kappa shape index (κ3) is 6.25. The van der Waals surface area contributed by atoms with Gasteiger partial charge in [-0.15, -0.1) is 11.3 Å². The number of aryl methyl sites for hydroxylation is 1. The van der Waals surface area contributed by atoms with Crippen LogP contribution in [0.4, 0.5) is 30.6 Å². The Kier molecular flexibility index (Phi) is 8.77. The van der Waals surface area contributed by atoms with Crippen LogP contribution < -0.4 is 10.2 Å². The molecule has 3 aromatic heterocycles. The van der Waals surface area contributed by atoms with Gasteiger partial charge in [0.2, 0.25) is 5.95 Å². The molecule has 2 atom stereocenters. The van der Waals surface area contributed by atoms with Crippen molar-refractivity contribution in [1.29, 1.82) is 0 Å². The number of alkyl halides is 3. The second-order valence-corrected chi connectivity index (χ2v) is 13.5. The van der Waals surface area contributed by atoms with Gasteiger partial charge in [-0.2, -0.15) is 13.2 Å². The van der Waals surface area contributed by atoms with E-state index in [4.69, 9.17) is 9.72 Å². The van der Waals surface area contributed by atoms with Crippen LogP contribution in [0.25, 0.3) is 10.6 Å². The molecule has 0 spiro atoms. The van der Waals surface area contributed by atoms with Crippen molar-refractivity contribution < 1.29 is 31.4 Å². The van der Waals surface area contributed by atoms with Gasteiger partial charge in [-0.25, -0.2) is 23.4 Å². The van der Waals surface area contributed by atoms with Crippen molar-refractivity contribution in [3.05, 3.63) is 40.5 Å². The number of aliphatic hydroxyl groups is 1. The maximum atomic E-state index is 14.0. The van der Waals surface area contributed by atoms with Gasteiger partial charge in [0.1, 0.15) is 11.4 Å². The van der Waals surface area contributed by atoms with E-state index in [1.54, 1.807) is 6.92 Å². The number of hydrogen-bond acceptors (Lipinski definition) is 11. The highest BCUT2D eigenvalue weighted by molar-refractivity contribution is 7.91. The highest BCUT2D eigenvalue weighted by Crippen LogP contribution is 2.44. The SMILES string of the molecule is CCc1nc(N2CCN(CCO)[C@H](C)C2)ccc1Nc1ncc(C(F)(F)F)c(-c2cc3c(s2)[C@@H](C)OCCS3(=O)=O)n1. The van der Waals surface area contributed by atoms with Crippen LogP contribution in [0.3, 0.4) is 0 Å². The zero-order valence-electron chi connectivity index (χ0n) is 23.5. The van der Waals surface area contributed by atoms with E-state index in [1.165, 1.54) is 6.07 Å². The third-order valence-electron chi connectivity index (χ3n) is 7.49. The summed E-state index contributed by atoms with van der Waals surface area (Å²) >= 11 is 0.929. The lowest BCUT2D eigenvalue weighted by molar-refractivity contribution is -0.137. The number of aliphatic hydroxyl groups excluding tert-OH is 1. The van der Waals surface area contributed by atoms with E-state index >= 15 is 0 Å². The summed E-state index contributed by atoms with van der Waals surface area (Å²) in [5.41, 5.74) is -0.208. The Morgan fingerprint density at radius 3 is 2.69 bits per heavy atom. The Balaban J connectivity index is 1.46. The molecule has 1 fully saturated rings. The van der Waals surface area contributed by atoms with Crippen molar-refractivity contribution in [3.63, 3.8) is 0 Å². The number of pyridine rings is 1. The molecule has 10 nitrogen and oxygen atoms in total. The van der Waals surface area contributed by atoms with Crippen LogP contribution in [0.2, 0.25) is 0 Å². The zero-order chi connectivity index (χ0) is 30.2. The van der Waals surface area contributed by atoms with Gasteiger partial charge < -0.3 is 20.1 Å². The van der Waals surface area contributed by atoms with Crippen LogP contribution in [0.5, 0.6) is 0 Å². The minimum Gasteiger partial charge on any atom is -0.395 e. The summed E-state index contributed by atoms with van der Waals surface area (Å²) in [6.07, 6.45) is -4.07. The lowest BCUT2D eigenvalue weighted by atomic mass is 10.1. The summed E-state index contributed by atoms with van der Waals surface area (Å²) in [7, 11) is -3.72. The number of β-amino-alcohol motifs (C(OH)–C–C–N with tert-alkyl or cyclic N) is 1. The molecule has 1 saturated heterocycles. The van der Waals surface area contributed by atoms with Gasteiger partial charge >= 0.3 is 6.18 Å². The first kappa shape index (κ1) is 30.6. The summed E-state index contributed by atoms with van der Waals surface area (Å²) in [6, 6.07) is 5.16. The second-order valence-electron chi connectivity index (χ2n) is 10.3. The van der Waals surface area contributed by atoms with Crippen LogP contribution in [-0.4, -0.2) is 84.6 Å². The summed E-state index contributed by atoms with van der Waals surface area (Å²) in [5.74, 6) is 0.479. The molecule has 2 N–H and O–H groups in total. The number of rotatable bonds is 7. The number of thiophene rings is 1. The molecule has 0 saturated carbocycles. The quantitative estimate of drug-likeness (QED) is 0.393. The fourth-order valence-corrected chi connectivity index (χ4v) is 8.17. The first-order valence-electron chi connectivity index (χ1n) is 13.7. The van der Waals surface area contributed by atoms with E-state index in [0.717, 1.165) is 36.8 Å². The topological polar surface area (TPSA) is 121 Å². The molecule has 5 rings (SSSR count). The van der Waals surface area contributed by atoms with Gasteiger partial charge in [0.25, 0.3) is 0 Å². The Labute approximate surface area is 246 Å². The van der Waals surface area contributed by atoms with Crippen LogP contribution in [-0.2, 0) is 27.2 Å². The molecular formula is C27H33F3N6O4S2. The monoisotopic (exact) mass is 626 g/mol. The lowest BCUT2D eigenvalue weighted by Gasteiger charge is -2.40. The predicted octanol–water partition coefficient (Wildman–Crippen LogP) is 4.29. The van der Waals surface area contributed by atoms with Crippen molar-refractivity contribution >= 4 is 38.6 Å². The standard InChI is InChI=1S/C27H33F3N6O4S2/c1-4-19-20(5-6-23(32-19)36-8-7-35(9-10-37)16(2)15-36)33-26-31-14-18(27(28,29)30)24(34-26)21-13-22-25(41-21)17(3)40-11-12-42(22,38)39/h5-6,13-14,16-17,37H,4,7-12,15H2,1-3H3,(H,31,33,34)/t16-,17-/m1/s1. The minimum atomic E-state index is -4.76. The predicted molar refractivity (Wildman–Crippen MR) is 154 cm³/mol. The molecule has 0 bridgehead atoms. The molecular weight excluding hydrogens is 593 g/mol. The average molecular weight is 627 g/mol. The Bertz CT molecular complexity index is 1550. The molecule has 0 amide bonds. The van der Waals surface area contributed by atoms with E-state index in [9.17, 15) is 26.7 Å². The maximum absolute atomic E-state index is 14.0. The number of nitrogens with zero attached hydrogens (tertiary/aromatic N) is 5. The summed E-state index contributed by atoms with van der Waals surface area (Å²) in [6.45, 7) is 8.76. The van der Waals surface area contributed by atoms with Gasteiger partial charge in [-0.3, -0.25) is 4.90 Å². The van der Waals surface area contributed by atoms with Crippen molar-refractivity contribution in [3.8, 4) is 10.6 Å². The number of halogens is 3. The molecule has 2 aliphatic heterocycles. The Morgan fingerprint density at radius 1 is 1.21 bits per heavy atom. The second kappa shape index (κ2) is 12.0. The average Bonchev–Trinajstić information content (AvgIpc) is 3.37. The minimum absolute atomic E-state index is 0.0150. The molecule has 0 aliphatic carbocycles. The van der Waals surface area contributed by atoms with Crippen molar-refractivity contribution in [1.82, 2.24) is 19.9 Å². The van der Waals surface area contributed by atoms with Crippen molar-refractivity contribution in [2.45, 2.75) is 50.4 Å². The Hall–Kier alpha value is -2.85. The summed E-state index contributed by atoms with van der Waals surface area (Å²) < 4.78 is 73.2. The van der Waals surface area contributed by atoms with Gasteiger partial charge in [0.15, 0.2) is 9.84 Å². The maximum Gasteiger partial charge on any atom is 0.420 e. The fourth-order valence-electron chi connectivity index (χ4n) is 5.22. The summed E-state index contributed by atoms with van der Waals surface area (Å²) in [4.78, 5) is 17.8. The van der Waals surface area contributed by atoms with Crippen molar-refractivity contribution in [2.24, 2.45) is 0 Å². The molecule has 228 valence electrons. The zero-order valence-corrected chi connectivity index (χ0v) is 25.1. The van der Waals surface area contributed by atoms with Gasteiger partial charge in [-0.05, 0) is 38.5 Å². The van der Waals surface area contributed by atoms with Gasteiger partial charge in [0.05, 0.1) is 56.8 Å². The van der Waals surface area contributed by atoms with Crippen LogP contribution >= 0.6 is 11.3 Å². The Morgan fingerprint density at radius 2 is 2.00 bits per heavy atom. The molecule has 2 aliphatic rings. The van der Waals surface area contributed by atoms with E-state index in [2.05, 4.69) is 32.0 Å². The molecule has 3 aromatic rings. The van der Waals surface area contributed by atoms with Crippen LogP contribution in [0, 0.1) is 0 Å². The van der Waals surface area contributed by atoms with E-state index in [0.29, 0.717) is 35.4 Å². The largest absolute Gasteiger partial charge is 0.420 e. The lowest BCUT2D eigenvalue weighted by Crippen LogP contribution is -2.52. The number of sulfone groups is 1. The fraction of sp³-hybridized carbons (Fsp3) is 0.519. The summed E-state index contributed by atoms with van der Waals surface area (Å²) in [5, 5.41) is 12.3. The van der Waals surface area contributed by atoms with Gasteiger partial charge in [0, 0.05) is 38.4 Å². The number of fused-ring (bicyclic) bond motifs is 1. The first-order valence-corrected chi connectivity index (χ1v) is 16.2.